The fourth-order valence-electron chi connectivity index (χ4n) is 2.94. The lowest BCUT2D eigenvalue weighted by Gasteiger charge is -2.12. The number of hydrogen-bond acceptors (Lipinski definition) is 3. The van der Waals surface area contributed by atoms with Crippen molar-refractivity contribution in [1.82, 2.24) is 4.31 Å². The Hall–Kier alpha value is -1.17. The van der Waals surface area contributed by atoms with Crippen LogP contribution in [-0.4, -0.2) is 36.0 Å². The molecule has 0 spiro atoms. The second-order valence-electron chi connectivity index (χ2n) is 6.49. The highest BCUT2D eigenvalue weighted by Gasteiger charge is 2.64. The van der Waals surface area contributed by atoms with Crippen LogP contribution in [0.5, 0.6) is 0 Å². The summed E-state index contributed by atoms with van der Waals surface area (Å²) in [6.45, 7) is 7.75. The largest absolute Gasteiger partial charge is 0.395 e. The minimum absolute atomic E-state index is 0.142. The molecular formula is C17H25NO3S. The highest BCUT2D eigenvalue weighted by atomic mass is 32.2. The predicted octanol–water partition coefficient (Wildman–Crippen LogP) is 2.87. The van der Waals surface area contributed by atoms with Crippen molar-refractivity contribution in [1.29, 1.82) is 0 Å². The topological polar surface area (TPSA) is 57.4 Å². The fourth-order valence-corrected chi connectivity index (χ4v) is 4.99. The van der Waals surface area contributed by atoms with Gasteiger partial charge in [-0.15, -0.1) is 0 Å². The zero-order valence-corrected chi connectivity index (χ0v) is 14.5. The number of allylic oxidation sites excluding steroid dienone is 2. The second-order valence-corrected chi connectivity index (χ2v) is 8.30. The molecule has 1 aromatic carbocycles. The van der Waals surface area contributed by atoms with Crippen molar-refractivity contribution >= 4 is 10.0 Å². The first kappa shape index (κ1) is 17.2. The van der Waals surface area contributed by atoms with E-state index in [1.807, 2.05) is 27.7 Å². The van der Waals surface area contributed by atoms with Crippen LogP contribution < -0.4 is 0 Å². The quantitative estimate of drug-likeness (QED) is 0.647. The van der Waals surface area contributed by atoms with Crippen LogP contribution in [0.25, 0.3) is 0 Å². The van der Waals surface area contributed by atoms with Crippen LogP contribution in [0.2, 0.25) is 0 Å². The molecule has 5 heteroatoms. The molecule has 1 fully saturated rings. The molecule has 1 saturated heterocycles. The molecule has 1 aliphatic rings. The minimum Gasteiger partial charge on any atom is -0.395 e. The van der Waals surface area contributed by atoms with Gasteiger partial charge in [-0.25, -0.2) is 8.42 Å². The van der Waals surface area contributed by atoms with E-state index in [4.69, 9.17) is 0 Å². The zero-order valence-electron chi connectivity index (χ0n) is 13.7. The molecular weight excluding hydrogens is 298 g/mol. The average Bonchev–Trinajstić information content (AvgIpc) is 3.04. The number of sulfonamides is 1. The maximum absolute atomic E-state index is 12.8. The predicted molar refractivity (Wildman–Crippen MR) is 88.1 cm³/mol. The number of benzene rings is 1. The third-order valence-corrected chi connectivity index (χ3v) is 6.45. The van der Waals surface area contributed by atoms with Gasteiger partial charge in [0.25, 0.3) is 0 Å². The first-order valence-electron chi connectivity index (χ1n) is 7.59. The Kier molecular flexibility index (Phi) is 4.80. The first-order valence-corrected chi connectivity index (χ1v) is 9.03. The SMILES string of the molecule is CC(C)=CCCC1(C)[C@H](CO)N1S(=O)(=O)c1ccc(C)cc1. The molecule has 22 heavy (non-hydrogen) atoms. The van der Waals surface area contributed by atoms with E-state index in [1.54, 1.807) is 24.3 Å². The smallest absolute Gasteiger partial charge is 0.244 e. The number of nitrogens with zero attached hydrogens (tertiary/aromatic N) is 1. The molecule has 1 heterocycles. The molecule has 2 unspecified atom stereocenters. The van der Waals surface area contributed by atoms with Gasteiger partial charge in [-0.05, 0) is 52.7 Å². The Morgan fingerprint density at radius 3 is 2.41 bits per heavy atom. The summed E-state index contributed by atoms with van der Waals surface area (Å²) < 4.78 is 27.0. The molecule has 1 aromatic rings. The average molecular weight is 323 g/mol. The van der Waals surface area contributed by atoms with E-state index < -0.39 is 15.6 Å². The molecule has 0 aliphatic carbocycles. The van der Waals surface area contributed by atoms with Gasteiger partial charge >= 0.3 is 0 Å². The molecule has 1 aliphatic heterocycles. The molecule has 3 atom stereocenters. The van der Waals surface area contributed by atoms with E-state index in [-0.39, 0.29) is 12.6 Å². The Morgan fingerprint density at radius 2 is 1.91 bits per heavy atom. The standard InChI is InChI=1S/C17H25NO3S/c1-13(2)6-5-11-17(4)16(12-19)18(17)22(20,21)15-9-7-14(3)8-10-15/h6-10,16,19H,5,11-12H2,1-4H3/t16-,17?,18?/m0/s1. The number of rotatable bonds is 6. The van der Waals surface area contributed by atoms with Crippen LogP contribution >= 0.6 is 0 Å². The van der Waals surface area contributed by atoms with Gasteiger partial charge in [0, 0.05) is 0 Å². The summed E-state index contributed by atoms with van der Waals surface area (Å²) in [4.78, 5) is 0.294. The lowest BCUT2D eigenvalue weighted by atomic mass is 10.0. The van der Waals surface area contributed by atoms with E-state index in [1.165, 1.54) is 9.88 Å². The van der Waals surface area contributed by atoms with Gasteiger partial charge < -0.3 is 5.11 Å². The summed E-state index contributed by atoms with van der Waals surface area (Å²) in [5.41, 5.74) is 1.75. The third-order valence-electron chi connectivity index (χ3n) is 4.39. The number of hydrogen-bond donors (Lipinski definition) is 1. The van der Waals surface area contributed by atoms with Gasteiger partial charge in [0.05, 0.1) is 23.1 Å². The Morgan fingerprint density at radius 1 is 1.32 bits per heavy atom. The first-order chi connectivity index (χ1) is 10.2. The number of aliphatic hydroxyl groups excluding tert-OH is 1. The van der Waals surface area contributed by atoms with E-state index in [9.17, 15) is 13.5 Å². The third kappa shape index (κ3) is 3.12. The molecule has 122 valence electrons. The van der Waals surface area contributed by atoms with Gasteiger partial charge in [-0.3, -0.25) is 0 Å². The summed E-state index contributed by atoms with van der Waals surface area (Å²) >= 11 is 0. The number of aryl methyl sites for hydroxylation is 1. The van der Waals surface area contributed by atoms with E-state index in [0.717, 1.165) is 12.0 Å². The Labute approximate surface area is 133 Å². The molecule has 0 bridgehead atoms. The van der Waals surface area contributed by atoms with Gasteiger partial charge in [0.1, 0.15) is 0 Å². The Balaban J connectivity index is 2.23. The monoisotopic (exact) mass is 323 g/mol. The summed E-state index contributed by atoms with van der Waals surface area (Å²) in [6.07, 6.45) is 3.64. The van der Waals surface area contributed by atoms with Gasteiger partial charge in [0.15, 0.2) is 0 Å². The van der Waals surface area contributed by atoms with Crippen molar-refractivity contribution < 1.29 is 13.5 Å². The van der Waals surface area contributed by atoms with Crippen LogP contribution in [-0.2, 0) is 10.0 Å². The summed E-state index contributed by atoms with van der Waals surface area (Å²) in [7, 11) is -3.55. The van der Waals surface area contributed by atoms with E-state index in [2.05, 4.69) is 6.08 Å². The summed E-state index contributed by atoms with van der Waals surface area (Å²) in [5.74, 6) is 0. The van der Waals surface area contributed by atoms with Crippen LogP contribution in [0.15, 0.2) is 40.8 Å². The fraction of sp³-hybridized carbons (Fsp3) is 0.529. The van der Waals surface area contributed by atoms with Gasteiger partial charge in [-0.2, -0.15) is 4.31 Å². The Bertz CT molecular complexity index is 660. The van der Waals surface area contributed by atoms with Gasteiger partial charge in [0.2, 0.25) is 10.0 Å². The highest BCUT2D eigenvalue weighted by Crippen LogP contribution is 2.48. The zero-order chi connectivity index (χ0) is 16.5. The van der Waals surface area contributed by atoms with Crippen LogP contribution in [0.4, 0.5) is 0 Å². The molecule has 0 aromatic heterocycles. The normalized spacial score (nSPS) is 27.5. The molecule has 4 nitrogen and oxygen atoms in total. The van der Waals surface area contributed by atoms with Crippen LogP contribution in [0, 0.1) is 6.92 Å². The van der Waals surface area contributed by atoms with Crippen molar-refractivity contribution in [2.75, 3.05) is 6.61 Å². The van der Waals surface area contributed by atoms with E-state index in [0.29, 0.717) is 11.3 Å². The van der Waals surface area contributed by atoms with Crippen molar-refractivity contribution in [3.05, 3.63) is 41.5 Å². The highest BCUT2D eigenvalue weighted by molar-refractivity contribution is 7.89. The lowest BCUT2D eigenvalue weighted by molar-refractivity contribution is 0.283. The summed E-state index contributed by atoms with van der Waals surface area (Å²) in [5, 5.41) is 9.55. The number of aliphatic hydroxyl groups is 1. The van der Waals surface area contributed by atoms with Crippen molar-refractivity contribution in [3.8, 4) is 0 Å². The van der Waals surface area contributed by atoms with Gasteiger partial charge in [-0.1, -0.05) is 29.3 Å². The van der Waals surface area contributed by atoms with Crippen molar-refractivity contribution in [3.63, 3.8) is 0 Å². The summed E-state index contributed by atoms with van der Waals surface area (Å²) in [6, 6.07) is 6.53. The maximum atomic E-state index is 12.8. The van der Waals surface area contributed by atoms with E-state index >= 15 is 0 Å². The lowest BCUT2D eigenvalue weighted by Crippen LogP contribution is -2.21. The second kappa shape index (κ2) is 6.14. The minimum atomic E-state index is -3.55. The van der Waals surface area contributed by atoms with Crippen LogP contribution in [0.3, 0.4) is 0 Å². The maximum Gasteiger partial charge on any atom is 0.244 e. The molecule has 2 rings (SSSR count). The van der Waals surface area contributed by atoms with Crippen molar-refractivity contribution in [2.24, 2.45) is 0 Å². The molecule has 0 radical (unpaired) electrons. The molecule has 0 amide bonds. The van der Waals surface area contributed by atoms with Crippen LogP contribution in [0.1, 0.15) is 39.2 Å². The van der Waals surface area contributed by atoms with Crippen molar-refractivity contribution in [2.45, 2.75) is 57.0 Å². The molecule has 0 saturated carbocycles. The molecule has 1 N–H and O–H groups in total.